The van der Waals surface area contributed by atoms with Crippen LogP contribution in [0.1, 0.15) is 12.8 Å². The average molecular weight is 168 g/mol. The first kappa shape index (κ1) is 8.23. The third-order valence-corrected chi connectivity index (χ3v) is 2.83. The van der Waals surface area contributed by atoms with E-state index in [0.29, 0.717) is 0 Å². The predicted octanol–water partition coefficient (Wildman–Crippen LogP) is -0.371. The Morgan fingerprint density at radius 2 is 2.08 bits per heavy atom. The van der Waals surface area contributed by atoms with E-state index >= 15 is 0 Å². The van der Waals surface area contributed by atoms with E-state index in [1.165, 1.54) is 0 Å². The lowest BCUT2D eigenvalue weighted by Gasteiger charge is -2.37. The summed E-state index contributed by atoms with van der Waals surface area (Å²) in [4.78, 5) is 0. The smallest absolute Gasteiger partial charge is 0.0859 e. The van der Waals surface area contributed by atoms with Crippen LogP contribution in [-0.2, 0) is 0 Å². The van der Waals surface area contributed by atoms with Crippen molar-refractivity contribution in [1.82, 2.24) is 10.6 Å². The van der Waals surface area contributed by atoms with Gasteiger partial charge in [-0.15, -0.1) is 0 Å². The second-order valence-electron chi connectivity index (χ2n) is 3.67. The fourth-order valence-electron chi connectivity index (χ4n) is 2.01. The quantitative estimate of drug-likeness (QED) is 0.468. The van der Waals surface area contributed by atoms with Crippen LogP contribution < -0.4 is 10.6 Å². The van der Waals surface area contributed by atoms with Crippen molar-refractivity contribution in [3.05, 3.63) is 12.2 Å². The number of aliphatic hydroxyl groups is 1. The zero-order valence-electron chi connectivity index (χ0n) is 7.21. The summed E-state index contributed by atoms with van der Waals surface area (Å²) in [5, 5.41) is 16.7. The maximum absolute atomic E-state index is 10.2. The summed E-state index contributed by atoms with van der Waals surface area (Å²) in [6.07, 6.45) is 5.89. The Kier molecular flexibility index (Phi) is 2.17. The molecular weight excluding hydrogens is 152 g/mol. The molecule has 2 aliphatic heterocycles. The fourth-order valence-corrected chi connectivity index (χ4v) is 2.01. The summed E-state index contributed by atoms with van der Waals surface area (Å²) < 4.78 is 0. The Hall–Kier alpha value is -0.380. The van der Waals surface area contributed by atoms with Crippen molar-refractivity contribution in [2.24, 2.45) is 0 Å². The molecule has 2 rings (SSSR count). The number of hydrogen-bond acceptors (Lipinski definition) is 3. The summed E-state index contributed by atoms with van der Waals surface area (Å²) >= 11 is 0. The normalized spacial score (nSPS) is 33.9. The van der Waals surface area contributed by atoms with Gasteiger partial charge in [-0.3, -0.25) is 0 Å². The molecule has 0 saturated carbocycles. The van der Waals surface area contributed by atoms with Crippen LogP contribution in [0, 0.1) is 0 Å². The Morgan fingerprint density at radius 3 is 2.67 bits per heavy atom. The van der Waals surface area contributed by atoms with Crippen molar-refractivity contribution >= 4 is 0 Å². The van der Waals surface area contributed by atoms with Crippen LogP contribution in [0.3, 0.4) is 0 Å². The molecule has 2 aliphatic rings. The largest absolute Gasteiger partial charge is 0.388 e. The highest BCUT2D eigenvalue weighted by molar-refractivity contribution is 5.11. The summed E-state index contributed by atoms with van der Waals surface area (Å²) in [6.45, 7) is 2.77. The minimum absolute atomic E-state index is 0.180. The van der Waals surface area contributed by atoms with Crippen LogP contribution in [0.2, 0.25) is 0 Å². The van der Waals surface area contributed by atoms with Gasteiger partial charge < -0.3 is 15.7 Å². The van der Waals surface area contributed by atoms with Gasteiger partial charge >= 0.3 is 0 Å². The summed E-state index contributed by atoms with van der Waals surface area (Å²) in [5.41, 5.74) is -0.502. The minimum atomic E-state index is -0.502. The molecular formula is C9H16N2O. The van der Waals surface area contributed by atoms with Crippen molar-refractivity contribution in [3.63, 3.8) is 0 Å². The van der Waals surface area contributed by atoms with Crippen LogP contribution in [0.4, 0.5) is 0 Å². The van der Waals surface area contributed by atoms with E-state index < -0.39 is 5.60 Å². The van der Waals surface area contributed by atoms with Crippen LogP contribution in [-0.4, -0.2) is 36.4 Å². The van der Waals surface area contributed by atoms with Crippen LogP contribution >= 0.6 is 0 Å². The number of rotatable bonds is 1. The van der Waals surface area contributed by atoms with Gasteiger partial charge in [-0.1, -0.05) is 12.2 Å². The Bertz CT molecular complexity index is 185. The summed E-state index contributed by atoms with van der Waals surface area (Å²) in [5.74, 6) is 0. The molecule has 3 N–H and O–H groups in total. The highest BCUT2D eigenvalue weighted by atomic mass is 16.3. The van der Waals surface area contributed by atoms with Gasteiger partial charge in [0.1, 0.15) is 0 Å². The molecule has 1 saturated heterocycles. The SMILES string of the molecule is OC1(C2C=CCN2)CCNCC1. The van der Waals surface area contributed by atoms with Crippen molar-refractivity contribution < 1.29 is 5.11 Å². The third kappa shape index (κ3) is 1.40. The topological polar surface area (TPSA) is 44.3 Å². The van der Waals surface area contributed by atoms with Gasteiger partial charge in [0.15, 0.2) is 0 Å². The van der Waals surface area contributed by atoms with Gasteiger partial charge in [0.2, 0.25) is 0 Å². The monoisotopic (exact) mass is 168 g/mol. The molecule has 0 aromatic rings. The summed E-state index contributed by atoms with van der Waals surface area (Å²) in [6, 6.07) is 0.180. The molecule has 1 atom stereocenters. The molecule has 0 bridgehead atoms. The molecule has 0 amide bonds. The minimum Gasteiger partial charge on any atom is -0.388 e. The Labute approximate surface area is 72.9 Å². The van der Waals surface area contributed by atoms with Gasteiger partial charge in [-0.05, 0) is 25.9 Å². The van der Waals surface area contributed by atoms with Crippen molar-refractivity contribution in [1.29, 1.82) is 0 Å². The third-order valence-electron chi connectivity index (χ3n) is 2.83. The highest BCUT2D eigenvalue weighted by Crippen LogP contribution is 2.24. The van der Waals surface area contributed by atoms with Crippen LogP contribution in [0.5, 0.6) is 0 Å². The standard InChI is InChI=1S/C9H16N2O/c12-9(3-6-10-7-4-9)8-2-1-5-11-8/h1-2,8,10-12H,3-7H2. The number of piperidine rings is 1. The number of hydrogen-bond donors (Lipinski definition) is 3. The van der Waals surface area contributed by atoms with Gasteiger partial charge in [-0.25, -0.2) is 0 Å². The van der Waals surface area contributed by atoms with Gasteiger partial charge in [0.25, 0.3) is 0 Å². The molecule has 0 aromatic carbocycles. The second-order valence-corrected chi connectivity index (χ2v) is 3.67. The molecule has 68 valence electrons. The van der Waals surface area contributed by atoms with E-state index in [1.807, 2.05) is 0 Å². The Balaban J connectivity index is 2.02. The molecule has 0 aromatic heterocycles. The first-order valence-corrected chi connectivity index (χ1v) is 4.64. The van der Waals surface area contributed by atoms with Crippen LogP contribution in [0.15, 0.2) is 12.2 Å². The van der Waals surface area contributed by atoms with E-state index in [-0.39, 0.29) is 6.04 Å². The molecule has 1 fully saturated rings. The first-order valence-electron chi connectivity index (χ1n) is 4.64. The van der Waals surface area contributed by atoms with Gasteiger partial charge in [0.05, 0.1) is 11.6 Å². The second kappa shape index (κ2) is 3.17. The molecule has 2 heterocycles. The van der Waals surface area contributed by atoms with Crippen molar-refractivity contribution in [2.75, 3.05) is 19.6 Å². The van der Waals surface area contributed by atoms with E-state index in [0.717, 1.165) is 32.5 Å². The van der Waals surface area contributed by atoms with E-state index in [9.17, 15) is 5.11 Å². The maximum atomic E-state index is 10.2. The molecule has 1 unspecified atom stereocenters. The Morgan fingerprint density at radius 1 is 1.33 bits per heavy atom. The lowest BCUT2D eigenvalue weighted by molar-refractivity contribution is -0.00786. The molecule has 0 spiro atoms. The van der Waals surface area contributed by atoms with Gasteiger partial charge in [-0.2, -0.15) is 0 Å². The van der Waals surface area contributed by atoms with Crippen molar-refractivity contribution in [2.45, 2.75) is 24.5 Å². The molecule has 3 heteroatoms. The molecule has 3 nitrogen and oxygen atoms in total. The number of nitrogens with one attached hydrogen (secondary N) is 2. The molecule has 12 heavy (non-hydrogen) atoms. The highest BCUT2D eigenvalue weighted by Gasteiger charge is 2.36. The zero-order chi connectivity index (χ0) is 8.44. The first-order chi connectivity index (χ1) is 5.81. The summed E-state index contributed by atoms with van der Waals surface area (Å²) in [7, 11) is 0. The van der Waals surface area contributed by atoms with Crippen molar-refractivity contribution in [3.8, 4) is 0 Å². The fraction of sp³-hybridized carbons (Fsp3) is 0.778. The lowest BCUT2D eigenvalue weighted by Crippen LogP contribution is -2.53. The molecule has 0 radical (unpaired) electrons. The van der Waals surface area contributed by atoms with E-state index in [1.54, 1.807) is 0 Å². The average Bonchev–Trinajstić information content (AvgIpc) is 2.58. The zero-order valence-corrected chi connectivity index (χ0v) is 7.21. The predicted molar refractivity (Wildman–Crippen MR) is 48.0 cm³/mol. The van der Waals surface area contributed by atoms with E-state index in [2.05, 4.69) is 22.8 Å². The maximum Gasteiger partial charge on any atom is 0.0859 e. The molecule has 0 aliphatic carbocycles. The van der Waals surface area contributed by atoms with Gasteiger partial charge in [0, 0.05) is 6.54 Å². The van der Waals surface area contributed by atoms with Crippen LogP contribution in [0.25, 0.3) is 0 Å². The lowest BCUT2D eigenvalue weighted by atomic mass is 9.85. The van der Waals surface area contributed by atoms with E-state index in [4.69, 9.17) is 0 Å².